The summed E-state index contributed by atoms with van der Waals surface area (Å²) in [5.41, 5.74) is 5.67. The zero-order valence-corrected chi connectivity index (χ0v) is 7.03. The predicted octanol–water partition coefficient (Wildman–Crippen LogP) is -0.638. The Balaban J connectivity index is 2.37. The monoisotopic (exact) mass is 181 g/mol. The molecule has 0 aliphatic carbocycles. The number of aromatic hydroxyl groups is 1. The van der Waals surface area contributed by atoms with Crippen LogP contribution >= 0.6 is 0 Å². The van der Waals surface area contributed by atoms with Crippen LogP contribution in [-0.4, -0.2) is 22.5 Å². The topological polar surface area (TPSA) is 88.2 Å². The van der Waals surface area contributed by atoms with E-state index in [2.05, 4.69) is 10.3 Å². The summed E-state index contributed by atoms with van der Waals surface area (Å²) in [5.74, 6) is -0.280. The van der Waals surface area contributed by atoms with E-state index in [0.29, 0.717) is 6.54 Å². The Morgan fingerprint density at radius 1 is 1.62 bits per heavy atom. The molecule has 1 rings (SSSR count). The summed E-state index contributed by atoms with van der Waals surface area (Å²) in [6, 6.07) is 3.21. The van der Waals surface area contributed by atoms with Crippen LogP contribution in [0.1, 0.15) is 5.69 Å². The maximum atomic E-state index is 10.3. The highest BCUT2D eigenvalue weighted by Gasteiger charge is 1.96. The van der Waals surface area contributed by atoms with Gasteiger partial charge in [-0.1, -0.05) is 0 Å². The normalized spacial score (nSPS) is 9.85. The van der Waals surface area contributed by atoms with Gasteiger partial charge in [0.2, 0.25) is 5.91 Å². The minimum atomic E-state index is -0.404. The molecule has 13 heavy (non-hydrogen) atoms. The molecule has 1 amide bonds. The Labute approximate surface area is 75.6 Å². The lowest BCUT2D eigenvalue weighted by atomic mass is 10.3. The minimum absolute atomic E-state index is 0.124. The summed E-state index contributed by atoms with van der Waals surface area (Å²) >= 11 is 0. The molecular weight excluding hydrogens is 170 g/mol. The molecule has 0 aromatic carbocycles. The van der Waals surface area contributed by atoms with Crippen molar-refractivity contribution >= 4 is 5.91 Å². The number of carbonyl (C=O) groups is 1. The third-order valence-electron chi connectivity index (χ3n) is 1.41. The van der Waals surface area contributed by atoms with Crippen LogP contribution in [0.2, 0.25) is 0 Å². The van der Waals surface area contributed by atoms with Crippen LogP contribution in [0, 0.1) is 0 Å². The Morgan fingerprint density at radius 2 is 2.38 bits per heavy atom. The molecule has 0 bridgehead atoms. The number of amides is 1. The summed E-state index contributed by atoms with van der Waals surface area (Å²) in [7, 11) is 0. The average Bonchev–Trinajstić information content (AvgIpc) is 2.08. The van der Waals surface area contributed by atoms with Gasteiger partial charge in [0.05, 0.1) is 18.4 Å². The first-order chi connectivity index (χ1) is 6.18. The number of aromatic nitrogens is 1. The zero-order chi connectivity index (χ0) is 9.68. The van der Waals surface area contributed by atoms with Gasteiger partial charge in [0.15, 0.2) is 0 Å². The van der Waals surface area contributed by atoms with E-state index in [0.717, 1.165) is 5.69 Å². The SMILES string of the molecule is NC(=O)CNCc1ccc(O)cn1. The molecule has 1 aromatic rings. The van der Waals surface area contributed by atoms with Gasteiger partial charge in [-0.3, -0.25) is 9.78 Å². The third kappa shape index (κ3) is 3.53. The molecule has 70 valence electrons. The molecular formula is C8H11N3O2. The highest BCUT2D eigenvalue weighted by Crippen LogP contribution is 2.05. The van der Waals surface area contributed by atoms with Gasteiger partial charge < -0.3 is 16.2 Å². The van der Waals surface area contributed by atoms with Crippen LogP contribution in [0.4, 0.5) is 0 Å². The Morgan fingerprint density at radius 3 is 2.92 bits per heavy atom. The molecule has 1 heterocycles. The van der Waals surface area contributed by atoms with Crippen LogP contribution in [0.15, 0.2) is 18.3 Å². The van der Waals surface area contributed by atoms with Gasteiger partial charge in [-0.15, -0.1) is 0 Å². The van der Waals surface area contributed by atoms with Gasteiger partial charge in [-0.25, -0.2) is 0 Å². The number of pyridine rings is 1. The van der Waals surface area contributed by atoms with Gasteiger partial charge in [0, 0.05) is 6.54 Å². The summed E-state index contributed by atoms with van der Waals surface area (Å²) in [4.78, 5) is 14.3. The maximum Gasteiger partial charge on any atom is 0.231 e. The lowest BCUT2D eigenvalue weighted by Crippen LogP contribution is -2.28. The number of nitrogens with zero attached hydrogens (tertiary/aromatic N) is 1. The fraction of sp³-hybridized carbons (Fsp3) is 0.250. The molecule has 0 fully saturated rings. The number of nitrogens with two attached hydrogens (primary N) is 1. The molecule has 0 aliphatic heterocycles. The number of hydrogen-bond donors (Lipinski definition) is 3. The predicted molar refractivity (Wildman–Crippen MR) is 46.8 cm³/mol. The average molecular weight is 181 g/mol. The molecule has 0 spiro atoms. The van der Waals surface area contributed by atoms with Gasteiger partial charge in [0.1, 0.15) is 5.75 Å². The maximum absolute atomic E-state index is 10.3. The summed E-state index contributed by atoms with van der Waals surface area (Å²) in [6.07, 6.45) is 1.35. The molecule has 0 saturated heterocycles. The summed E-state index contributed by atoms with van der Waals surface area (Å²) in [5, 5.41) is 11.7. The largest absolute Gasteiger partial charge is 0.506 e. The fourth-order valence-corrected chi connectivity index (χ4v) is 0.835. The van der Waals surface area contributed by atoms with E-state index in [-0.39, 0.29) is 12.3 Å². The van der Waals surface area contributed by atoms with Crippen molar-refractivity contribution in [3.05, 3.63) is 24.0 Å². The summed E-state index contributed by atoms with van der Waals surface area (Å²) < 4.78 is 0. The molecule has 0 atom stereocenters. The van der Waals surface area contributed by atoms with E-state index in [9.17, 15) is 4.79 Å². The van der Waals surface area contributed by atoms with E-state index in [1.165, 1.54) is 12.3 Å². The number of nitrogens with one attached hydrogen (secondary N) is 1. The van der Waals surface area contributed by atoms with Crippen molar-refractivity contribution < 1.29 is 9.90 Å². The van der Waals surface area contributed by atoms with Gasteiger partial charge in [0.25, 0.3) is 0 Å². The Bertz CT molecular complexity index is 284. The third-order valence-corrected chi connectivity index (χ3v) is 1.41. The molecule has 4 N–H and O–H groups in total. The molecule has 0 aliphatic rings. The number of rotatable bonds is 4. The molecule has 1 aromatic heterocycles. The quantitative estimate of drug-likeness (QED) is 0.576. The fourth-order valence-electron chi connectivity index (χ4n) is 0.835. The molecule has 0 radical (unpaired) electrons. The first-order valence-electron chi connectivity index (χ1n) is 3.81. The zero-order valence-electron chi connectivity index (χ0n) is 7.03. The van der Waals surface area contributed by atoms with E-state index < -0.39 is 5.91 Å². The summed E-state index contributed by atoms with van der Waals surface area (Å²) in [6.45, 7) is 0.589. The number of hydrogen-bond acceptors (Lipinski definition) is 4. The van der Waals surface area contributed by atoms with Crippen LogP contribution in [-0.2, 0) is 11.3 Å². The van der Waals surface area contributed by atoms with E-state index in [1.54, 1.807) is 6.07 Å². The molecule has 5 heteroatoms. The lowest BCUT2D eigenvalue weighted by molar-refractivity contribution is -0.117. The van der Waals surface area contributed by atoms with Crippen molar-refractivity contribution in [1.29, 1.82) is 0 Å². The lowest BCUT2D eigenvalue weighted by Gasteiger charge is -2.01. The second-order valence-electron chi connectivity index (χ2n) is 2.58. The van der Waals surface area contributed by atoms with Crippen LogP contribution < -0.4 is 11.1 Å². The molecule has 5 nitrogen and oxygen atoms in total. The highest BCUT2D eigenvalue weighted by atomic mass is 16.3. The minimum Gasteiger partial charge on any atom is -0.506 e. The second kappa shape index (κ2) is 4.42. The van der Waals surface area contributed by atoms with Crippen molar-refractivity contribution in [3.8, 4) is 5.75 Å². The number of primary amides is 1. The smallest absolute Gasteiger partial charge is 0.231 e. The molecule has 0 unspecified atom stereocenters. The van der Waals surface area contributed by atoms with Gasteiger partial charge >= 0.3 is 0 Å². The van der Waals surface area contributed by atoms with Crippen molar-refractivity contribution in [3.63, 3.8) is 0 Å². The first kappa shape index (κ1) is 9.47. The van der Waals surface area contributed by atoms with Crippen molar-refractivity contribution in [2.45, 2.75) is 6.54 Å². The Hall–Kier alpha value is -1.62. The van der Waals surface area contributed by atoms with E-state index >= 15 is 0 Å². The van der Waals surface area contributed by atoms with E-state index in [1.807, 2.05) is 0 Å². The second-order valence-corrected chi connectivity index (χ2v) is 2.58. The molecule has 0 saturated carbocycles. The van der Waals surface area contributed by atoms with Gasteiger partial charge in [-0.2, -0.15) is 0 Å². The highest BCUT2D eigenvalue weighted by molar-refractivity contribution is 5.75. The first-order valence-corrected chi connectivity index (χ1v) is 3.81. The van der Waals surface area contributed by atoms with Crippen molar-refractivity contribution in [2.75, 3.05) is 6.54 Å². The van der Waals surface area contributed by atoms with Crippen LogP contribution in [0.25, 0.3) is 0 Å². The Kier molecular flexibility index (Phi) is 3.22. The van der Waals surface area contributed by atoms with E-state index in [4.69, 9.17) is 10.8 Å². The van der Waals surface area contributed by atoms with Crippen molar-refractivity contribution in [2.24, 2.45) is 5.73 Å². The van der Waals surface area contributed by atoms with Crippen molar-refractivity contribution in [1.82, 2.24) is 10.3 Å². The van der Waals surface area contributed by atoms with Gasteiger partial charge in [-0.05, 0) is 12.1 Å². The number of carbonyl (C=O) groups excluding carboxylic acids is 1. The standard InChI is InChI=1S/C8H11N3O2/c9-8(13)5-10-3-6-1-2-7(12)4-11-6/h1-2,4,10,12H,3,5H2,(H2,9,13). The van der Waals surface area contributed by atoms with Crippen LogP contribution in [0.5, 0.6) is 5.75 Å². The van der Waals surface area contributed by atoms with Crippen LogP contribution in [0.3, 0.4) is 0 Å².